The van der Waals surface area contributed by atoms with E-state index in [1.807, 2.05) is 11.8 Å². The van der Waals surface area contributed by atoms with Gasteiger partial charge < -0.3 is 10.4 Å². The molecule has 1 aromatic rings. The summed E-state index contributed by atoms with van der Waals surface area (Å²) in [6.07, 6.45) is 2.29. The molecule has 2 nitrogen and oxygen atoms in total. The fourth-order valence-corrected chi connectivity index (χ4v) is 3.58. The van der Waals surface area contributed by atoms with Crippen LogP contribution in [0.15, 0.2) is 30.3 Å². The van der Waals surface area contributed by atoms with Gasteiger partial charge in [-0.25, -0.2) is 0 Å². The Morgan fingerprint density at radius 3 is 2.45 bits per heavy atom. The highest BCUT2D eigenvalue weighted by Gasteiger charge is 2.22. The van der Waals surface area contributed by atoms with Gasteiger partial charge in [-0.15, -0.1) is 0 Å². The number of aliphatic hydroxyl groups excluding tert-OH is 1. The highest BCUT2D eigenvalue weighted by atomic mass is 32.2. The van der Waals surface area contributed by atoms with E-state index in [0.717, 1.165) is 25.1 Å². The molecule has 0 aromatic heterocycles. The molecule has 0 spiro atoms. The Bertz CT molecular complexity index is 344. The summed E-state index contributed by atoms with van der Waals surface area (Å²) in [5.41, 5.74) is 1.37. The van der Waals surface area contributed by atoms with Gasteiger partial charge >= 0.3 is 0 Å². The van der Waals surface area contributed by atoms with Crippen molar-refractivity contribution >= 4 is 11.8 Å². The fraction of sp³-hybridized carbons (Fsp3) is 0.647. The first-order valence-corrected chi connectivity index (χ1v) is 8.78. The normalized spacial score (nSPS) is 15.8. The minimum absolute atomic E-state index is 0.280. The first kappa shape index (κ1) is 17.5. The second-order valence-corrected chi connectivity index (χ2v) is 6.68. The highest BCUT2D eigenvalue weighted by molar-refractivity contribution is 7.99. The smallest absolute Gasteiger partial charge is 0.0464 e. The molecule has 2 N–H and O–H groups in total. The summed E-state index contributed by atoms with van der Waals surface area (Å²) in [5, 5.41) is 13.4. The predicted molar refractivity (Wildman–Crippen MR) is 90.3 cm³/mol. The lowest BCUT2D eigenvalue weighted by molar-refractivity contribution is 0.250. The van der Waals surface area contributed by atoms with Crippen molar-refractivity contribution in [3.63, 3.8) is 0 Å². The minimum atomic E-state index is 0.280. The molecule has 3 atom stereocenters. The first-order chi connectivity index (χ1) is 9.72. The minimum Gasteiger partial charge on any atom is -0.396 e. The molecular formula is C17H29NOS. The quantitative estimate of drug-likeness (QED) is 0.687. The van der Waals surface area contributed by atoms with Crippen molar-refractivity contribution in [2.24, 2.45) is 5.92 Å². The molecule has 0 fully saturated rings. The van der Waals surface area contributed by atoms with Crippen LogP contribution in [0, 0.1) is 5.92 Å². The van der Waals surface area contributed by atoms with E-state index in [4.69, 9.17) is 0 Å². The molecule has 0 bridgehead atoms. The van der Waals surface area contributed by atoms with Crippen LogP contribution in [-0.4, -0.2) is 29.3 Å². The Hall–Kier alpha value is -0.510. The molecule has 0 amide bonds. The Morgan fingerprint density at radius 2 is 1.90 bits per heavy atom. The monoisotopic (exact) mass is 295 g/mol. The molecule has 0 radical (unpaired) electrons. The Balaban J connectivity index is 2.73. The van der Waals surface area contributed by atoms with E-state index in [9.17, 15) is 5.11 Å². The topological polar surface area (TPSA) is 32.3 Å². The first-order valence-electron chi connectivity index (χ1n) is 7.73. The van der Waals surface area contributed by atoms with Gasteiger partial charge in [0.25, 0.3) is 0 Å². The van der Waals surface area contributed by atoms with Crippen LogP contribution in [0.3, 0.4) is 0 Å². The van der Waals surface area contributed by atoms with Gasteiger partial charge in [-0.05, 0) is 36.6 Å². The van der Waals surface area contributed by atoms with Gasteiger partial charge in [0.1, 0.15) is 0 Å². The SMILES string of the molecule is CCCNC(c1ccccc1)C(CC)SCC(C)CO. The maximum atomic E-state index is 9.19. The Kier molecular flexibility index (Phi) is 8.99. The summed E-state index contributed by atoms with van der Waals surface area (Å²) in [7, 11) is 0. The lowest BCUT2D eigenvalue weighted by atomic mass is 10.0. The van der Waals surface area contributed by atoms with Gasteiger partial charge in [0, 0.05) is 17.9 Å². The molecule has 114 valence electrons. The predicted octanol–water partition coefficient (Wildman–Crippen LogP) is 3.87. The second kappa shape index (κ2) is 10.3. The average molecular weight is 295 g/mol. The lowest BCUT2D eigenvalue weighted by Crippen LogP contribution is -2.31. The number of aliphatic hydroxyl groups is 1. The molecule has 0 heterocycles. The number of rotatable bonds is 10. The zero-order valence-electron chi connectivity index (χ0n) is 13.0. The number of nitrogens with one attached hydrogen (secondary N) is 1. The van der Waals surface area contributed by atoms with Gasteiger partial charge in [0.05, 0.1) is 0 Å². The van der Waals surface area contributed by atoms with E-state index in [0.29, 0.717) is 17.2 Å². The number of hydrogen-bond donors (Lipinski definition) is 2. The fourth-order valence-electron chi connectivity index (χ4n) is 2.21. The zero-order valence-corrected chi connectivity index (χ0v) is 13.8. The van der Waals surface area contributed by atoms with Gasteiger partial charge in [0.2, 0.25) is 0 Å². The Labute approximate surface area is 128 Å². The molecule has 1 rings (SSSR count). The largest absolute Gasteiger partial charge is 0.396 e. The summed E-state index contributed by atoms with van der Waals surface area (Å²) >= 11 is 1.99. The maximum Gasteiger partial charge on any atom is 0.0464 e. The number of hydrogen-bond acceptors (Lipinski definition) is 3. The third kappa shape index (κ3) is 5.86. The van der Waals surface area contributed by atoms with E-state index >= 15 is 0 Å². The Morgan fingerprint density at radius 1 is 1.20 bits per heavy atom. The molecule has 0 aliphatic carbocycles. The maximum absolute atomic E-state index is 9.19. The van der Waals surface area contributed by atoms with E-state index in [2.05, 4.69) is 56.4 Å². The van der Waals surface area contributed by atoms with E-state index in [1.54, 1.807) is 0 Å². The van der Waals surface area contributed by atoms with Crippen molar-refractivity contribution in [3.05, 3.63) is 35.9 Å². The summed E-state index contributed by atoms with van der Waals surface area (Å²) in [4.78, 5) is 0. The van der Waals surface area contributed by atoms with Gasteiger partial charge in [-0.3, -0.25) is 0 Å². The van der Waals surface area contributed by atoms with Crippen molar-refractivity contribution in [2.45, 2.75) is 44.9 Å². The molecule has 1 aromatic carbocycles. The summed E-state index contributed by atoms with van der Waals surface area (Å²) < 4.78 is 0. The van der Waals surface area contributed by atoms with Crippen LogP contribution in [0.4, 0.5) is 0 Å². The highest BCUT2D eigenvalue weighted by Crippen LogP contribution is 2.30. The van der Waals surface area contributed by atoms with Crippen LogP contribution in [0.1, 0.15) is 45.2 Å². The summed E-state index contributed by atoms with van der Waals surface area (Å²) in [6, 6.07) is 11.1. The number of thioether (sulfide) groups is 1. The summed E-state index contributed by atoms with van der Waals surface area (Å²) in [5.74, 6) is 1.39. The van der Waals surface area contributed by atoms with Crippen LogP contribution >= 0.6 is 11.8 Å². The van der Waals surface area contributed by atoms with Crippen molar-refractivity contribution in [1.29, 1.82) is 0 Å². The van der Waals surface area contributed by atoms with Crippen molar-refractivity contribution in [3.8, 4) is 0 Å². The van der Waals surface area contributed by atoms with Crippen molar-refractivity contribution < 1.29 is 5.11 Å². The number of benzene rings is 1. The van der Waals surface area contributed by atoms with E-state index in [-0.39, 0.29) is 6.61 Å². The van der Waals surface area contributed by atoms with Crippen molar-refractivity contribution in [2.75, 3.05) is 18.9 Å². The van der Waals surface area contributed by atoms with Crippen molar-refractivity contribution in [1.82, 2.24) is 5.32 Å². The van der Waals surface area contributed by atoms with Crippen LogP contribution in [0.5, 0.6) is 0 Å². The van der Waals surface area contributed by atoms with Crippen LogP contribution in [-0.2, 0) is 0 Å². The zero-order chi connectivity index (χ0) is 14.8. The van der Waals surface area contributed by atoms with Crippen LogP contribution in [0.2, 0.25) is 0 Å². The van der Waals surface area contributed by atoms with E-state index in [1.165, 1.54) is 5.56 Å². The molecule has 0 saturated carbocycles. The van der Waals surface area contributed by atoms with E-state index < -0.39 is 0 Å². The molecular weight excluding hydrogens is 266 g/mol. The van der Waals surface area contributed by atoms with Gasteiger partial charge in [-0.1, -0.05) is 51.1 Å². The van der Waals surface area contributed by atoms with Crippen LogP contribution in [0.25, 0.3) is 0 Å². The second-order valence-electron chi connectivity index (χ2n) is 5.41. The molecule has 0 aliphatic heterocycles. The van der Waals surface area contributed by atoms with Crippen LogP contribution < -0.4 is 5.32 Å². The third-order valence-electron chi connectivity index (χ3n) is 3.45. The molecule has 3 unspecified atom stereocenters. The lowest BCUT2D eigenvalue weighted by Gasteiger charge is -2.28. The molecule has 0 aliphatic rings. The average Bonchev–Trinajstić information content (AvgIpc) is 2.51. The third-order valence-corrected chi connectivity index (χ3v) is 5.25. The molecule has 20 heavy (non-hydrogen) atoms. The van der Waals surface area contributed by atoms with Gasteiger partial charge in [0.15, 0.2) is 0 Å². The molecule has 0 saturated heterocycles. The standard InChI is InChI=1S/C17H29NOS/c1-4-11-18-17(15-9-7-6-8-10-15)16(5-2)20-13-14(3)12-19/h6-10,14,16-19H,4-5,11-13H2,1-3H3. The summed E-state index contributed by atoms with van der Waals surface area (Å²) in [6.45, 7) is 7.90. The molecule has 3 heteroatoms. The van der Waals surface area contributed by atoms with Gasteiger partial charge in [-0.2, -0.15) is 11.8 Å².